The Morgan fingerprint density at radius 3 is 2.52 bits per heavy atom. The van der Waals surface area contributed by atoms with Gasteiger partial charge in [0.25, 0.3) is 0 Å². The first kappa shape index (κ1) is 19.2. The normalized spacial score (nSPS) is 16.8. The van der Waals surface area contributed by atoms with Crippen LogP contribution in [0.2, 0.25) is 0 Å². The molecule has 0 spiro atoms. The van der Waals surface area contributed by atoms with Crippen molar-refractivity contribution in [2.75, 3.05) is 6.61 Å². The second-order valence-electron chi connectivity index (χ2n) is 7.50. The number of H-pyrrole nitrogens is 1. The number of hydrogen-bond acceptors (Lipinski definition) is 3. The van der Waals surface area contributed by atoms with Crippen LogP contribution in [0.1, 0.15) is 48.6 Å². The minimum atomic E-state index is -0.330. The van der Waals surface area contributed by atoms with E-state index in [0.29, 0.717) is 35.1 Å². The van der Waals surface area contributed by atoms with E-state index in [-0.39, 0.29) is 11.4 Å². The van der Waals surface area contributed by atoms with Crippen molar-refractivity contribution in [1.29, 1.82) is 0 Å². The summed E-state index contributed by atoms with van der Waals surface area (Å²) in [6.45, 7) is 4.14. The minimum absolute atomic E-state index is 0.0337. The van der Waals surface area contributed by atoms with Gasteiger partial charge in [0.05, 0.1) is 12.2 Å². The molecule has 4 rings (SSSR count). The van der Waals surface area contributed by atoms with Gasteiger partial charge in [-0.05, 0) is 57.2 Å². The molecule has 4 nitrogen and oxygen atoms in total. The first-order valence-electron chi connectivity index (χ1n) is 10.2. The van der Waals surface area contributed by atoms with Crippen molar-refractivity contribution in [2.45, 2.75) is 39.5 Å². The fourth-order valence-electron chi connectivity index (χ4n) is 4.08. The number of hydrogen-bond donors (Lipinski definition) is 1. The number of ether oxygens (including phenoxy) is 1. The first-order valence-corrected chi connectivity index (χ1v) is 10.2. The number of nitrogens with one attached hydrogen (secondary N) is 1. The molecule has 1 aromatic heterocycles. The van der Waals surface area contributed by atoms with Gasteiger partial charge >= 0.3 is 5.97 Å². The molecule has 0 saturated heterocycles. The number of fused-ring (bicyclic) bond motifs is 2. The zero-order valence-electron chi connectivity index (χ0n) is 16.9. The summed E-state index contributed by atoms with van der Waals surface area (Å²) in [5.74, 6) is -0.330. The number of esters is 1. The molecule has 0 amide bonds. The van der Waals surface area contributed by atoms with Gasteiger partial charge in [-0.1, -0.05) is 42.0 Å². The SMILES string of the molecule is CCOC(=O)/C1=C(\c2ccc(C)cc2)c2c([nH]c3ccccc3c2=O)CCCC1. The van der Waals surface area contributed by atoms with Gasteiger partial charge in [-0.3, -0.25) is 4.79 Å². The largest absolute Gasteiger partial charge is 0.463 e. The molecule has 0 unspecified atom stereocenters. The Kier molecular flexibility index (Phi) is 5.34. The van der Waals surface area contributed by atoms with E-state index < -0.39 is 0 Å². The predicted octanol–water partition coefficient (Wildman–Crippen LogP) is 4.93. The highest BCUT2D eigenvalue weighted by atomic mass is 16.5. The maximum atomic E-state index is 13.6. The molecule has 0 atom stereocenters. The third-order valence-electron chi connectivity index (χ3n) is 5.50. The van der Waals surface area contributed by atoms with E-state index >= 15 is 0 Å². The number of para-hydroxylation sites is 1. The summed E-state index contributed by atoms with van der Waals surface area (Å²) < 4.78 is 5.39. The Bertz CT molecular complexity index is 1150. The summed E-state index contributed by atoms with van der Waals surface area (Å²) >= 11 is 0. The summed E-state index contributed by atoms with van der Waals surface area (Å²) in [4.78, 5) is 30.0. The van der Waals surface area contributed by atoms with Crippen LogP contribution in [-0.4, -0.2) is 17.6 Å². The van der Waals surface area contributed by atoms with E-state index in [1.807, 2.05) is 55.5 Å². The van der Waals surface area contributed by atoms with E-state index in [1.54, 1.807) is 6.92 Å². The fraction of sp³-hybridized carbons (Fsp3) is 0.280. The number of pyridine rings is 1. The van der Waals surface area contributed by atoms with Gasteiger partial charge in [-0.15, -0.1) is 0 Å². The Labute approximate surface area is 170 Å². The molecule has 0 saturated carbocycles. The standard InChI is InChI=1S/C25H25NO3/c1-3-29-25(28)19-9-5-7-11-21-23(22(19)17-14-12-16(2)13-15-17)24(27)18-8-4-6-10-20(18)26-21/h4,6,8,10,12-15H,3,5,7,9,11H2,1-2H3,(H,26,27)/b22-19+. The highest BCUT2D eigenvalue weighted by Gasteiger charge is 2.26. The second kappa shape index (κ2) is 8.08. The molecule has 3 aromatic rings. The maximum Gasteiger partial charge on any atom is 0.334 e. The lowest BCUT2D eigenvalue weighted by molar-refractivity contribution is -0.138. The van der Waals surface area contributed by atoms with Crippen LogP contribution in [0.5, 0.6) is 0 Å². The van der Waals surface area contributed by atoms with E-state index in [9.17, 15) is 9.59 Å². The molecule has 148 valence electrons. The molecule has 1 N–H and O–H groups in total. The average Bonchev–Trinajstić information content (AvgIpc) is 2.71. The molecule has 0 radical (unpaired) electrons. The molecule has 1 aliphatic carbocycles. The zero-order chi connectivity index (χ0) is 20.4. The lowest BCUT2D eigenvalue weighted by Gasteiger charge is -2.21. The molecule has 4 heteroatoms. The molecule has 29 heavy (non-hydrogen) atoms. The quantitative estimate of drug-likeness (QED) is 0.649. The van der Waals surface area contributed by atoms with Crippen LogP contribution in [0.4, 0.5) is 0 Å². The summed E-state index contributed by atoms with van der Waals surface area (Å²) in [7, 11) is 0. The van der Waals surface area contributed by atoms with Crippen molar-refractivity contribution in [3.8, 4) is 0 Å². The van der Waals surface area contributed by atoms with Crippen LogP contribution in [0.15, 0.2) is 58.9 Å². The Balaban J connectivity index is 2.09. The fourth-order valence-corrected chi connectivity index (χ4v) is 4.08. The van der Waals surface area contributed by atoms with Crippen LogP contribution in [0, 0.1) is 6.92 Å². The van der Waals surface area contributed by atoms with E-state index in [4.69, 9.17) is 4.74 Å². The van der Waals surface area contributed by atoms with Crippen LogP contribution in [-0.2, 0) is 16.0 Å². The first-order chi connectivity index (χ1) is 14.1. The summed E-state index contributed by atoms with van der Waals surface area (Å²) in [5, 5.41) is 0.639. The number of carbonyl (C=O) groups is 1. The van der Waals surface area contributed by atoms with Gasteiger partial charge in [-0.25, -0.2) is 4.79 Å². The lowest BCUT2D eigenvalue weighted by Crippen LogP contribution is -2.20. The van der Waals surface area contributed by atoms with Gasteiger partial charge in [0.15, 0.2) is 5.43 Å². The van der Waals surface area contributed by atoms with Gasteiger partial charge in [-0.2, -0.15) is 0 Å². The maximum absolute atomic E-state index is 13.6. The molecule has 2 aromatic carbocycles. The third kappa shape index (κ3) is 3.63. The highest BCUT2D eigenvalue weighted by Crippen LogP contribution is 2.34. The molecular formula is C25H25NO3. The minimum Gasteiger partial charge on any atom is -0.463 e. The zero-order valence-corrected chi connectivity index (χ0v) is 16.9. The number of aryl methyl sites for hydroxylation is 2. The highest BCUT2D eigenvalue weighted by molar-refractivity contribution is 6.03. The smallest absolute Gasteiger partial charge is 0.334 e. The summed E-state index contributed by atoms with van der Waals surface area (Å²) in [6.07, 6.45) is 3.16. The van der Waals surface area contributed by atoms with Crippen molar-refractivity contribution >= 4 is 22.4 Å². The number of carbonyl (C=O) groups excluding carboxylic acids is 1. The molecule has 1 aliphatic rings. The average molecular weight is 387 g/mol. The summed E-state index contributed by atoms with van der Waals surface area (Å²) in [6, 6.07) is 15.6. The van der Waals surface area contributed by atoms with E-state index in [0.717, 1.165) is 41.6 Å². The monoisotopic (exact) mass is 387 g/mol. The van der Waals surface area contributed by atoms with Crippen LogP contribution in [0.25, 0.3) is 16.5 Å². The van der Waals surface area contributed by atoms with Gasteiger partial charge in [0.1, 0.15) is 0 Å². The van der Waals surface area contributed by atoms with E-state index in [1.165, 1.54) is 0 Å². The van der Waals surface area contributed by atoms with Crippen LogP contribution < -0.4 is 5.43 Å². The van der Waals surface area contributed by atoms with Gasteiger partial charge in [0.2, 0.25) is 0 Å². The van der Waals surface area contributed by atoms with Crippen molar-refractivity contribution in [3.05, 3.63) is 86.7 Å². The van der Waals surface area contributed by atoms with Crippen molar-refractivity contribution < 1.29 is 9.53 Å². The molecular weight excluding hydrogens is 362 g/mol. The third-order valence-corrected chi connectivity index (χ3v) is 5.50. The molecule has 0 fully saturated rings. The number of aromatic nitrogens is 1. The number of aromatic amines is 1. The van der Waals surface area contributed by atoms with Crippen molar-refractivity contribution in [2.24, 2.45) is 0 Å². The topological polar surface area (TPSA) is 59.2 Å². The number of benzene rings is 2. The number of rotatable bonds is 3. The van der Waals surface area contributed by atoms with Crippen LogP contribution in [0.3, 0.4) is 0 Å². The van der Waals surface area contributed by atoms with Crippen LogP contribution >= 0.6 is 0 Å². The Morgan fingerprint density at radius 1 is 1.03 bits per heavy atom. The van der Waals surface area contributed by atoms with E-state index in [2.05, 4.69) is 4.98 Å². The molecule has 0 bridgehead atoms. The Hall–Kier alpha value is -3.14. The second-order valence-corrected chi connectivity index (χ2v) is 7.50. The summed E-state index contributed by atoms with van der Waals surface area (Å²) in [5.41, 5.74) is 5.61. The van der Waals surface area contributed by atoms with Gasteiger partial charge < -0.3 is 9.72 Å². The van der Waals surface area contributed by atoms with Crippen molar-refractivity contribution in [3.63, 3.8) is 0 Å². The predicted molar refractivity (Wildman–Crippen MR) is 116 cm³/mol. The lowest BCUT2D eigenvalue weighted by atomic mass is 9.85. The molecule has 1 heterocycles. The Morgan fingerprint density at radius 2 is 1.76 bits per heavy atom. The van der Waals surface area contributed by atoms with Gasteiger partial charge in [0, 0.05) is 27.7 Å². The van der Waals surface area contributed by atoms with Crippen molar-refractivity contribution in [1.82, 2.24) is 4.98 Å². The molecule has 0 aliphatic heterocycles.